The van der Waals surface area contributed by atoms with Crippen molar-refractivity contribution in [2.45, 2.75) is 0 Å². The second-order valence-electron chi connectivity index (χ2n) is 9.14. The van der Waals surface area contributed by atoms with Gasteiger partial charge in [0, 0.05) is 27.2 Å². The highest BCUT2D eigenvalue weighted by Gasteiger charge is 2.18. The maximum Gasteiger partial charge on any atom is 0.156 e. The Morgan fingerprint density at radius 1 is 0.444 bits per heavy atom. The third-order valence-electron chi connectivity index (χ3n) is 7.15. The van der Waals surface area contributed by atoms with Gasteiger partial charge in [0.25, 0.3) is 0 Å². The molecule has 0 atom stereocenters. The average Bonchev–Trinajstić information content (AvgIpc) is 3.44. The van der Waals surface area contributed by atoms with E-state index in [1.54, 1.807) is 0 Å². The summed E-state index contributed by atoms with van der Waals surface area (Å²) in [5.41, 5.74) is 7.60. The smallest absolute Gasteiger partial charge is 0.156 e. The van der Waals surface area contributed by atoms with Crippen LogP contribution in [0.2, 0.25) is 0 Å². The Labute approximate surface area is 206 Å². The molecule has 0 bridgehead atoms. The zero-order valence-electron chi connectivity index (χ0n) is 19.3. The number of hydrogen-bond donors (Lipinski definition) is 0. The molecular weight excluding hydrogens is 440 g/mol. The zero-order chi connectivity index (χ0) is 23.6. The highest BCUT2D eigenvalue weighted by atomic mass is 15.1. The topological polar surface area (TPSA) is 35.6 Å². The van der Waals surface area contributed by atoms with Crippen molar-refractivity contribution in [1.29, 1.82) is 0 Å². The molecule has 0 aliphatic carbocycles. The second kappa shape index (κ2) is 7.27. The summed E-state index contributed by atoms with van der Waals surface area (Å²) in [6.07, 6.45) is 1.88. The minimum absolute atomic E-state index is 0.825. The summed E-state index contributed by atoms with van der Waals surface area (Å²) >= 11 is 0. The van der Waals surface area contributed by atoms with Crippen LogP contribution in [0.4, 0.5) is 0 Å². The SMILES string of the molecule is c1ccc(-n2c3ccccc3c3cc4c(cc32)c2ccccc2n4-c2cnc3ccccc3n2)cc1. The summed E-state index contributed by atoms with van der Waals surface area (Å²) < 4.78 is 4.62. The number of nitrogens with zero attached hydrogens (tertiary/aromatic N) is 4. The molecule has 0 spiro atoms. The molecule has 0 aliphatic rings. The molecule has 0 radical (unpaired) electrons. The summed E-state index contributed by atoms with van der Waals surface area (Å²) in [6, 6.07) is 40.5. The highest BCUT2D eigenvalue weighted by Crippen LogP contribution is 2.39. The van der Waals surface area contributed by atoms with Crippen LogP contribution in [0.15, 0.2) is 121 Å². The molecule has 0 aliphatic heterocycles. The fourth-order valence-electron chi connectivity index (χ4n) is 5.59. The predicted molar refractivity (Wildman–Crippen MR) is 148 cm³/mol. The Morgan fingerprint density at radius 2 is 1.00 bits per heavy atom. The van der Waals surface area contributed by atoms with E-state index >= 15 is 0 Å². The monoisotopic (exact) mass is 460 g/mol. The summed E-state index contributed by atoms with van der Waals surface area (Å²) in [5, 5.41) is 4.86. The van der Waals surface area contributed by atoms with E-state index in [2.05, 4.69) is 100 Å². The summed E-state index contributed by atoms with van der Waals surface area (Å²) in [4.78, 5) is 9.73. The van der Waals surface area contributed by atoms with E-state index in [1.807, 2.05) is 30.5 Å². The molecule has 4 heteroatoms. The van der Waals surface area contributed by atoms with Gasteiger partial charge in [0.1, 0.15) is 0 Å². The van der Waals surface area contributed by atoms with Crippen molar-refractivity contribution in [2.24, 2.45) is 0 Å². The lowest BCUT2D eigenvalue weighted by atomic mass is 10.1. The third-order valence-corrected chi connectivity index (χ3v) is 7.15. The van der Waals surface area contributed by atoms with Gasteiger partial charge in [-0.25, -0.2) is 4.98 Å². The van der Waals surface area contributed by atoms with Crippen LogP contribution in [0.1, 0.15) is 0 Å². The van der Waals surface area contributed by atoms with E-state index in [0.717, 1.165) is 33.6 Å². The molecule has 36 heavy (non-hydrogen) atoms. The van der Waals surface area contributed by atoms with Crippen LogP contribution in [0.5, 0.6) is 0 Å². The fourth-order valence-corrected chi connectivity index (χ4v) is 5.59. The molecular formula is C32H20N4. The number of para-hydroxylation sites is 5. The van der Waals surface area contributed by atoms with Gasteiger partial charge in [-0.1, -0.05) is 66.7 Å². The van der Waals surface area contributed by atoms with Crippen LogP contribution in [0.25, 0.3) is 66.2 Å². The Hall–Kier alpha value is -4.96. The van der Waals surface area contributed by atoms with Gasteiger partial charge in [0.2, 0.25) is 0 Å². The number of fused-ring (bicyclic) bond motifs is 7. The van der Waals surface area contributed by atoms with Crippen LogP contribution >= 0.6 is 0 Å². The van der Waals surface area contributed by atoms with E-state index in [9.17, 15) is 0 Å². The third kappa shape index (κ3) is 2.64. The molecule has 0 fully saturated rings. The van der Waals surface area contributed by atoms with Crippen molar-refractivity contribution in [3.8, 4) is 11.5 Å². The second-order valence-corrected chi connectivity index (χ2v) is 9.14. The Kier molecular flexibility index (Phi) is 3.91. The molecule has 0 saturated carbocycles. The fraction of sp³-hybridized carbons (Fsp3) is 0. The standard InChI is InChI=1S/C32H20N4/c1-2-10-21(11-3-1)35-28-16-8-4-12-22(28)24-19-31-25(18-30(24)35)23-13-5-9-17-29(23)36(31)32-20-33-26-14-6-7-15-27(26)34-32/h1-20H. The zero-order valence-corrected chi connectivity index (χ0v) is 19.3. The Bertz CT molecular complexity index is 2100. The first kappa shape index (κ1) is 19.4. The molecule has 3 aromatic heterocycles. The van der Waals surface area contributed by atoms with Crippen molar-refractivity contribution >= 4 is 54.6 Å². The lowest BCUT2D eigenvalue weighted by Crippen LogP contribution is -1.99. The molecule has 0 amide bonds. The Morgan fingerprint density at radius 3 is 1.72 bits per heavy atom. The van der Waals surface area contributed by atoms with Gasteiger partial charge in [-0.3, -0.25) is 9.55 Å². The van der Waals surface area contributed by atoms with E-state index in [1.165, 1.54) is 32.6 Å². The van der Waals surface area contributed by atoms with Crippen molar-refractivity contribution in [3.05, 3.63) is 121 Å². The van der Waals surface area contributed by atoms with Crippen molar-refractivity contribution in [3.63, 3.8) is 0 Å². The van der Waals surface area contributed by atoms with Crippen LogP contribution in [0.3, 0.4) is 0 Å². The number of benzene rings is 5. The normalized spacial score (nSPS) is 11.9. The minimum Gasteiger partial charge on any atom is -0.309 e. The first-order valence-corrected chi connectivity index (χ1v) is 12.1. The summed E-state index contributed by atoms with van der Waals surface area (Å²) in [5.74, 6) is 0.825. The molecule has 3 heterocycles. The molecule has 0 unspecified atom stereocenters. The quantitative estimate of drug-likeness (QED) is 0.264. The van der Waals surface area contributed by atoms with Gasteiger partial charge in [-0.2, -0.15) is 0 Å². The van der Waals surface area contributed by atoms with Gasteiger partial charge < -0.3 is 4.57 Å². The van der Waals surface area contributed by atoms with Crippen LogP contribution in [0, 0.1) is 0 Å². The molecule has 5 aromatic carbocycles. The number of rotatable bonds is 2. The molecule has 0 N–H and O–H groups in total. The molecule has 4 nitrogen and oxygen atoms in total. The minimum atomic E-state index is 0.825. The number of hydrogen-bond acceptors (Lipinski definition) is 2. The van der Waals surface area contributed by atoms with Gasteiger partial charge in [0.15, 0.2) is 5.82 Å². The van der Waals surface area contributed by atoms with Crippen molar-refractivity contribution in [1.82, 2.24) is 19.1 Å². The van der Waals surface area contributed by atoms with E-state index in [4.69, 9.17) is 9.97 Å². The van der Waals surface area contributed by atoms with Crippen LogP contribution < -0.4 is 0 Å². The van der Waals surface area contributed by atoms with E-state index in [0.29, 0.717) is 0 Å². The van der Waals surface area contributed by atoms with Crippen molar-refractivity contribution in [2.75, 3.05) is 0 Å². The maximum atomic E-state index is 5.01. The maximum absolute atomic E-state index is 5.01. The highest BCUT2D eigenvalue weighted by molar-refractivity contribution is 6.18. The first-order chi connectivity index (χ1) is 17.9. The van der Waals surface area contributed by atoms with Gasteiger partial charge in [0.05, 0.1) is 39.3 Å². The first-order valence-electron chi connectivity index (χ1n) is 12.1. The van der Waals surface area contributed by atoms with E-state index in [-0.39, 0.29) is 0 Å². The van der Waals surface area contributed by atoms with Crippen LogP contribution in [-0.2, 0) is 0 Å². The molecule has 8 aromatic rings. The predicted octanol–water partition coefficient (Wildman–Crippen LogP) is 7.82. The lowest BCUT2D eigenvalue weighted by molar-refractivity contribution is 1.08. The van der Waals surface area contributed by atoms with Gasteiger partial charge >= 0.3 is 0 Å². The molecule has 168 valence electrons. The Balaban J connectivity index is 1.54. The summed E-state index contributed by atoms with van der Waals surface area (Å²) in [6.45, 7) is 0. The molecule has 0 saturated heterocycles. The van der Waals surface area contributed by atoms with Gasteiger partial charge in [-0.05, 0) is 48.5 Å². The average molecular weight is 461 g/mol. The lowest BCUT2D eigenvalue weighted by Gasteiger charge is -2.09. The van der Waals surface area contributed by atoms with Crippen LogP contribution in [-0.4, -0.2) is 19.1 Å². The molecule has 8 rings (SSSR count). The summed E-state index contributed by atoms with van der Waals surface area (Å²) in [7, 11) is 0. The van der Waals surface area contributed by atoms with Crippen molar-refractivity contribution < 1.29 is 0 Å². The largest absolute Gasteiger partial charge is 0.309 e. The number of aromatic nitrogens is 4. The van der Waals surface area contributed by atoms with E-state index < -0.39 is 0 Å². The van der Waals surface area contributed by atoms with Gasteiger partial charge in [-0.15, -0.1) is 0 Å².